The maximum Gasteiger partial charge on any atom is 0.347 e. The highest BCUT2D eigenvalue weighted by molar-refractivity contribution is 5.98. The lowest BCUT2D eigenvalue weighted by Gasteiger charge is -2.07. The van der Waals surface area contributed by atoms with Crippen LogP contribution in [-0.4, -0.2) is 38.3 Å². The highest BCUT2D eigenvalue weighted by Crippen LogP contribution is 2.15. The SMILES string of the molecule is COc1ccc(/C=N\OCC(=O)OCC(=O)c2ccc(C(C)C)cc2)cc1. The summed E-state index contributed by atoms with van der Waals surface area (Å²) in [6, 6.07) is 14.4. The van der Waals surface area contributed by atoms with Gasteiger partial charge in [0.25, 0.3) is 0 Å². The third kappa shape index (κ3) is 6.58. The topological polar surface area (TPSA) is 74.2 Å². The van der Waals surface area contributed by atoms with Gasteiger partial charge in [0.05, 0.1) is 13.3 Å². The number of hydrogen-bond acceptors (Lipinski definition) is 6. The zero-order valence-corrected chi connectivity index (χ0v) is 15.7. The fraction of sp³-hybridized carbons (Fsp3) is 0.286. The molecule has 0 spiro atoms. The summed E-state index contributed by atoms with van der Waals surface area (Å²) in [5.74, 6) is 0.206. The summed E-state index contributed by atoms with van der Waals surface area (Å²) in [5, 5.41) is 3.70. The second-order valence-electron chi connectivity index (χ2n) is 6.14. The Balaban J connectivity index is 1.72. The minimum absolute atomic E-state index is 0.264. The van der Waals surface area contributed by atoms with Crippen LogP contribution in [0.1, 0.15) is 41.3 Å². The minimum atomic E-state index is -0.658. The van der Waals surface area contributed by atoms with Crippen LogP contribution >= 0.6 is 0 Å². The molecule has 0 aliphatic carbocycles. The number of oxime groups is 1. The van der Waals surface area contributed by atoms with E-state index in [4.69, 9.17) is 14.3 Å². The molecule has 0 aromatic heterocycles. The Labute approximate surface area is 158 Å². The zero-order valence-electron chi connectivity index (χ0n) is 15.7. The van der Waals surface area contributed by atoms with Gasteiger partial charge in [0.2, 0.25) is 6.61 Å². The maximum absolute atomic E-state index is 12.0. The van der Waals surface area contributed by atoms with E-state index >= 15 is 0 Å². The normalized spacial score (nSPS) is 10.8. The van der Waals surface area contributed by atoms with Crippen molar-refractivity contribution in [3.05, 3.63) is 65.2 Å². The van der Waals surface area contributed by atoms with Crippen LogP contribution in [0.3, 0.4) is 0 Å². The van der Waals surface area contributed by atoms with Crippen LogP contribution in [0.25, 0.3) is 0 Å². The summed E-state index contributed by atoms with van der Waals surface area (Å²) >= 11 is 0. The molecule has 0 fully saturated rings. The van der Waals surface area contributed by atoms with E-state index in [0.717, 1.165) is 16.9 Å². The van der Waals surface area contributed by atoms with Crippen LogP contribution in [0.15, 0.2) is 53.7 Å². The maximum atomic E-state index is 12.0. The number of hydrogen-bond donors (Lipinski definition) is 0. The highest BCUT2D eigenvalue weighted by Gasteiger charge is 2.11. The summed E-state index contributed by atoms with van der Waals surface area (Å²) in [6.45, 7) is 3.46. The van der Waals surface area contributed by atoms with Crippen molar-refractivity contribution in [2.75, 3.05) is 20.3 Å². The molecule has 2 aromatic rings. The molecule has 6 heteroatoms. The molecule has 0 atom stereocenters. The first-order valence-corrected chi connectivity index (χ1v) is 8.57. The molecule has 0 saturated carbocycles. The molecule has 0 amide bonds. The molecule has 142 valence electrons. The standard InChI is InChI=1S/C21H23NO5/c1-15(2)17-6-8-18(9-7-17)20(23)13-26-21(24)14-27-22-12-16-4-10-19(25-3)11-5-16/h4-12,15H,13-14H2,1-3H3/b22-12-. The predicted molar refractivity (Wildman–Crippen MR) is 102 cm³/mol. The average Bonchev–Trinajstić information content (AvgIpc) is 2.70. The van der Waals surface area contributed by atoms with Gasteiger partial charge in [0, 0.05) is 5.56 Å². The zero-order chi connectivity index (χ0) is 19.6. The lowest BCUT2D eigenvalue weighted by atomic mass is 10.0. The van der Waals surface area contributed by atoms with E-state index in [0.29, 0.717) is 11.5 Å². The Morgan fingerprint density at radius 2 is 1.67 bits per heavy atom. The van der Waals surface area contributed by atoms with Crippen LogP contribution in [-0.2, 0) is 14.4 Å². The molecule has 0 N–H and O–H groups in total. The Morgan fingerprint density at radius 1 is 1.00 bits per heavy atom. The van der Waals surface area contributed by atoms with Gasteiger partial charge < -0.3 is 14.3 Å². The highest BCUT2D eigenvalue weighted by atomic mass is 16.7. The summed E-state index contributed by atoms with van der Waals surface area (Å²) in [5.41, 5.74) is 2.45. The van der Waals surface area contributed by atoms with Crippen molar-refractivity contribution in [1.29, 1.82) is 0 Å². The molecular formula is C21H23NO5. The lowest BCUT2D eigenvalue weighted by Crippen LogP contribution is -2.17. The van der Waals surface area contributed by atoms with Crippen LogP contribution < -0.4 is 4.74 Å². The van der Waals surface area contributed by atoms with Gasteiger partial charge in [-0.2, -0.15) is 0 Å². The van der Waals surface area contributed by atoms with Crippen LogP contribution in [0.4, 0.5) is 0 Å². The molecule has 2 rings (SSSR count). The molecule has 0 bridgehead atoms. The molecule has 0 radical (unpaired) electrons. The first-order chi connectivity index (χ1) is 13.0. The van der Waals surface area contributed by atoms with E-state index in [1.54, 1.807) is 43.5 Å². The Hall–Kier alpha value is -3.15. The van der Waals surface area contributed by atoms with Crippen LogP contribution in [0.2, 0.25) is 0 Å². The summed E-state index contributed by atoms with van der Waals surface area (Å²) < 4.78 is 9.97. The second-order valence-corrected chi connectivity index (χ2v) is 6.14. The molecule has 27 heavy (non-hydrogen) atoms. The van der Waals surface area contributed by atoms with Crippen LogP contribution in [0, 0.1) is 0 Å². The van der Waals surface area contributed by atoms with E-state index < -0.39 is 5.97 Å². The summed E-state index contributed by atoms with van der Waals surface area (Å²) in [4.78, 5) is 28.6. The monoisotopic (exact) mass is 369 g/mol. The number of methoxy groups -OCH3 is 1. The van der Waals surface area contributed by atoms with Gasteiger partial charge >= 0.3 is 5.97 Å². The molecule has 0 unspecified atom stereocenters. The predicted octanol–water partition coefficient (Wildman–Crippen LogP) is 3.60. The molecular weight excluding hydrogens is 346 g/mol. The summed E-state index contributed by atoms with van der Waals surface area (Å²) in [7, 11) is 1.59. The number of carbonyl (C=O) groups is 2. The molecule has 2 aromatic carbocycles. The second kappa shape index (κ2) is 10.1. The van der Waals surface area contributed by atoms with E-state index in [1.165, 1.54) is 6.21 Å². The first kappa shape index (κ1) is 20.2. The smallest absolute Gasteiger partial charge is 0.347 e. The van der Waals surface area contributed by atoms with Gasteiger partial charge in [0.1, 0.15) is 5.75 Å². The molecule has 0 heterocycles. The van der Waals surface area contributed by atoms with Crippen molar-refractivity contribution in [1.82, 2.24) is 0 Å². The van der Waals surface area contributed by atoms with E-state index in [1.807, 2.05) is 12.1 Å². The Bertz CT molecular complexity index is 779. The van der Waals surface area contributed by atoms with Gasteiger partial charge in [-0.15, -0.1) is 0 Å². The fourth-order valence-electron chi connectivity index (χ4n) is 2.20. The minimum Gasteiger partial charge on any atom is -0.497 e. The van der Waals surface area contributed by atoms with Crippen molar-refractivity contribution in [2.24, 2.45) is 5.16 Å². The van der Waals surface area contributed by atoms with Gasteiger partial charge in [-0.05, 0) is 41.3 Å². The van der Waals surface area contributed by atoms with Crippen LogP contribution in [0.5, 0.6) is 5.75 Å². The van der Waals surface area contributed by atoms with E-state index in [9.17, 15) is 9.59 Å². The van der Waals surface area contributed by atoms with Crippen molar-refractivity contribution in [3.63, 3.8) is 0 Å². The third-order valence-corrected chi connectivity index (χ3v) is 3.84. The fourth-order valence-corrected chi connectivity index (χ4v) is 2.20. The number of Topliss-reactive ketones (excluding diaryl/α,β-unsaturated/α-hetero) is 1. The number of ketones is 1. The van der Waals surface area contributed by atoms with E-state index in [2.05, 4.69) is 19.0 Å². The Morgan fingerprint density at radius 3 is 2.26 bits per heavy atom. The number of benzene rings is 2. The molecule has 0 aliphatic rings. The number of nitrogens with zero attached hydrogens (tertiary/aromatic N) is 1. The van der Waals surface area contributed by atoms with Gasteiger partial charge in [0.15, 0.2) is 12.4 Å². The quantitative estimate of drug-likeness (QED) is 0.292. The van der Waals surface area contributed by atoms with Crippen molar-refractivity contribution in [2.45, 2.75) is 19.8 Å². The molecule has 0 aliphatic heterocycles. The largest absolute Gasteiger partial charge is 0.497 e. The first-order valence-electron chi connectivity index (χ1n) is 8.57. The average molecular weight is 369 g/mol. The number of esters is 1. The van der Waals surface area contributed by atoms with Gasteiger partial charge in [-0.3, -0.25) is 4.79 Å². The Kier molecular flexibility index (Phi) is 7.55. The molecule has 0 saturated heterocycles. The van der Waals surface area contributed by atoms with Gasteiger partial charge in [-0.25, -0.2) is 4.79 Å². The number of ether oxygens (including phenoxy) is 2. The number of rotatable bonds is 9. The summed E-state index contributed by atoms with van der Waals surface area (Å²) in [6.07, 6.45) is 1.47. The molecule has 6 nitrogen and oxygen atoms in total. The van der Waals surface area contributed by atoms with Crippen molar-refractivity contribution in [3.8, 4) is 5.75 Å². The van der Waals surface area contributed by atoms with Crippen molar-refractivity contribution >= 4 is 18.0 Å². The number of carbonyl (C=O) groups excluding carboxylic acids is 2. The third-order valence-electron chi connectivity index (χ3n) is 3.84. The van der Waals surface area contributed by atoms with Gasteiger partial charge in [-0.1, -0.05) is 43.3 Å². The van der Waals surface area contributed by atoms with E-state index in [-0.39, 0.29) is 19.0 Å². The lowest BCUT2D eigenvalue weighted by molar-refractivity contribution is -0.147. The van der Waals surface area contributed by atoms with Crippen molar-refractivity contribution < 1.29 is 23.9 Å².